The van der Waals surface area contributed by atoms with Crippen molar-refractivity contribution in [3.8, 4) is 6.07 Å². The summed E-state index contributed by atoms with van der Waals surface area (Å²) in [5, 5.41) is 8.58. The quantitative estimate of drug-likeness (QED) is 0.519. The van der Waals surface area contributed by atoms with Crippen LogP contribution in [-0.2, 0) is 14.8 Å². The topological polar surface area (TPSA) is 82.4 Å². The molecule has 6 nitrogen and oxygen atoms in total. The summed E-state index contributed by atoms with van der Waals surface area (Å²) in [6.45, 7) is 2.44. The van der Waals surface area contributed by atoms with Crippen LogP contribution in [0.5, 0.6) is 0 Å². The van der Waals surface area contributed by atoms with E-state index in [9.17, 15) is 8.42 Å². The molecule has 0 spiro atoms. The van der Waals surface area contributed by atoms with Crippen molar-refractivity contribution in [1.29, 1.82) is 5.26 Å². The first kappa shape index (κ1) is 15.4. The number of methoxy groups -OCH3 is 1. The van der Waals surface area contributed by atoms with Crippen molar-refractivity contribution in [1.82, 2.24) is 9.62 Å². The predicted octanol–water partition coefficient (Wildman–Crippen LogP) is -0.0697. The largest absolute Gasteiger partial charge is 0.385 e. The lowest BCUT2D eigenvalue weighted by Gasteiger charge is -2.30. The van der Waals surface area contributed by atoms with Crippen LogP contribution in [0.15, 0.2) is 0 Å². The van der Waals surface area contributed by atoms with E-state index in [4.69, 9.17) is 10.00 Å². The second-order valence-corrected chi connectivity index (χ2v) is 6.37. The Hall–Kier alpha value is -0.680. The maximum absolute atomic E-state index is 11.7. The molecular formula is C11H21N3O3S. The minimum Gasteiger partial charge on any atom is -0.385 e. The molecular weight excluding hydrogens is 254 g/mol. The fourth-order valence-electron chi connectivity index (χ4n) is 2.02. The first-order valence-corrected chi connectivity index (χ1v) is 7.81. The zero-order valence-electron chi connectivity index (χ0n) is 10.8. The SMILES string of the molecule is COCCCS(=O)(=O)NC1CCN(CC#N)CC1. The predicted molar refractivity (Wildman–Crippen MR) is 68.5 cm³/mol. The van der Waals surface area contributed by atoms with Crippen molar-refractivity contribution in [3.63, 3.8) is 0 Å². The van der Waals surface area contributed by atoms with Gasteiger partial charge in [-0.25, -0.2) is 13.1 Å². The lowest BCUT2D eigenvalue weighted by Crippen LogP contribution is -2.45. The number of likely N-dealkylation sites (tertiary alicyclic amines) is 1. The molecule has 0 bridgehead atoms. The lowest BCUT2D eigenvalue weighted by molar-refractivity contribution is 0.199. The van der Waals surface area contributed by atoms with Gasteiger partial charge in [-0.1, -0.05) is 0 Å². The van der Waals surface area contributed by atoms with E-state index in [1.165, 1.54) is 0 Å². The van der Waals surface area contributed by atoms with Gasteiger partial charge in [0, 0.05) is 32.8 Å². The third-order valence-electron chi connectivity index (χ3n) is 2.99. The minimum absolute atomic E-state index is 0.00693. The summed E-state index contributed by atoms with van der Waals surface area (Å²) >= 11 is 0. The van der Waals surface area contributed by atoms with E-state index in [0.29, 0.717) is 19.6 Å². The molecule has 1 saturated heterocycles. The number of piperidine rings is 1. The van der Waals surface area contributed by atoms with E-state index in [2.05, 4.69) is 10.8 Å². The van der Waals surface area contributed by atoms with Crippen molar-refractivity contribution in [2.75, 3.05) is 39.1 Å². The highest BCUT2D eigenvalue weighted by Crippen LogP contribution is 2.11. The molecule has 0 aromatic rings. The van der Waals surface area contributed by atoms with Crippen LogP contribution in [0.3, 0.4) is 0 Å². The average Bonchev–Trinajstić information content (AvgIpc) is 2.32. The van der Waals surface area contributed by atoms with Gasteiger partial charge < -0.3 is 4.74 Å². The summed E-state index contributed by atoms with van der Waals surface area (Å²) in [6.07, 6.45) is 2.05. The van der Waals surface area contributed by atoms with Gasteiger partial charge in [-0.15, -0.1) is 0 Å². The highest BCUT2D eigenvalue weighted by atomic mass is 32.2. The molecule has 7 heteroatoms. The van der Waals surface area contributed by atoms with E-state index < -0.39 is 10.0 Å². The monoisotopic (exact) mass is 275 g/mol. The standard InChI is InChI=1S/C11H21N3O3S/c1-17-9-2-10-18(15,16)13-11-3-6-14(7-4-11)8-5-12/h11,13H,2-4,6-10H2,1H3. The van der Waals surface area contributed by atoms with Gasteiger partial charge in [0.05, 0.1) is 18.4 Å². The van der Waals surface area contributed by atoms with Crippen LogP contribution in [0.25, 0.3) is 0 Å². The fraction of sp³-hybridized carbons (Fsp3) is 0.909. The van der Waals surface area contributed by atoms with Gasteiger partial charge >= 0.3 is 0 Å². The normalized spacial score (nSPS) is 18.7. The van der Waals surface area contributed by atoms with Gasteiger partial charge in [-0.3, -0.25) is 4.90 Å². The molecule has 1 rings (SSSR count). The number of sulfonamides is 1. The van der Waals surface area contributed by atoms with Crippen molar-refractivity contribution >= 4 is 10.0 Å². The van der Waals surface area contributed by atoms with Crippen LogP contribution in [0.4, 0.5) is 0 Å². The second kappa shape index (κ2) is 7.69. The first-order chi connectivity index (χ1) is 8.57. The average molecular weight is 275 g/mol. The zero-order chi connectivity index (χ0) is 13.4. The van der Waals surface area contributed by atoms with Crippen molar-refractivity contribution in [2.45, 2.75) is 25.3 Å². The highest BCUT2D eigenvalue weighted by Gasteiger charge is 2.22. The molecule has 104 valence electrons. The van der Waals surface area contributed by atoms with E-state index in [0.717, 1.165) is 25.9 Å². The Kier molecular flexibility index (Phi) is 6.57. The summed E-state index contributed by atoms with van der Waals surface area (Å²) in [5.41, 5.74) is 0. The van der Waals surface area contributed by atoms with Gasteiger partial charge in [0.2, 0.25) is 10.0 Å². The van der Waals surface area contributed by atoms with Crippen LogP contribution in [0, 0.1) is 11.3 Å². The Bertz CT molecular complexity index is 369. The number of hydrogen-bond acceptors (Lipinski definition) is 5. The molecule has 1 heterocycles. The Morgan fingerprint density at radius 3 is 2.67 bits per heavy atom. The van der Waals surface area contributed by atoms with E-state index >= 15 is 0 Å². The van der Waals surface area contributed by atoms with E-state index in [1.807, 2.05) is 4.90 Å². The Morgan fingerprint density at radius 2 is 2.11 bits per heavy atom. The molecule has 1 aliphatic heterocycles. The maximum Gasteiger partial charge on any atom is 0.211 e. The Labute approximate surface area is 109 Å². The van der Waals surface area contributed by atoms with Crippen molar-refractivity contribution < 1.29 is 13.2 Å². The number of nitrogens with one attached hydrogen (secondary N) is 1. The number of rotatable bonds is 7. The van der Waals surface area contributed by atoms with Crippen molar-refractivity contribution in [2.24, 2.45) is 0 Å². The van der Waals surface area contributed by atoms with Crippen LogP contribution in [0.2, 0.25) is 0 Å². The third-order valence-corrected chi connectivity index (χ3v) is 4.51. The molecule has 0 unspecified atom stereocenters. The molecule has 0 aromatic heterocycles. The van der Waals surface area contributed by atoms with Gasteiger partial charge in [0.25, 0.3) is 0 Å². The number of hydrogen-bond donors (Lipinski definition) is 1. The van der Waals surface area contributed by atoms with Crippen LogP contribution in [-0.4, -0.2) is 58.5 Å². The molecule has 18 heavy (non-hydrogen) atoms. The molecule has 0 saturated carbocycles. The van der Waals surface area contributed by atoms with Gasteiger partial charge in [0.1, 0.15) is 0 Å². The molecule has 0 atom stereocenters. The summed E-state index contributed by atoms with van der Waals surface area (Å²) < 4.78 is 31.1. The zero-order valence-corrected chi connectivity index (χ0v) is 11.6. The van der Waals surface area contributed by atoms with E-state index in [-0.39, 0.29) is 11.8 Å². The fourth-order valence-corrected chi connectivity index (χ4v) is 3.37. The maximum atomic E-state index is 11.7. The molecule has 1 N–H and O–H groups in total. The number of ether oxygens (including phenoxy) is 1. The molecule has 0 radical (unpaired) electrons. The van der Waals surface area contributed by atoms with Gasteiger partial charge in [-0.2, -0.15) is 5.26 Å². The first-order valence-electron chi connectivity index (χ1n) is 6.15. The van der Waals surface area contributed by atoms with Crippen molar-refractivity contribution in [3.05, 3.63) is 0 Å². The third kappa shape index (κ3) is 5.78. The summed E-state index contributed by atoms with van der Waals surface area (Å²) in [6, 6.07) is 2.12. The molecule has 1 fully saturated rings. The van der Waals surface area contributed by atoms with Crippen LogP contribution >= 0.6 is 0 Å². The van der Waals surface area contributed by atoms with E-state index in [1.54, 1.807) is 7.11 Å². The molecule has 0 aliphatic carbocycles. The van der Waals surface area contributed by atoms with Gasteiger partial charge in [-0.05, 0) is 19.3 Å². The summed E-state index contributed by atoms with van der Waals surface area (Å²) in [5.74, 6) is 0.110. The number of nitriles is 1. The van der Waals surface area contributed by atoms with Gasteiger partial charge in [0.15, 0.2) is 0 Å². The Balaban J connectivity index is 2.29. The molecule has 0 amide bonds. The Morgan fingerprint density at radius 1 is 1.44 bits per heavy atom. The highest BCUT2D eigenvalue weighted by molar-refractivity contribution is 7.89. The second-order valence-electron chi connectivity index (χ2n) is 4.49. The summed E-state index contributed by atoms with van der Waals surface area (Å²) in [7, 11) is -1.64. The summed E-state index contributed by atoms with van der Waals surface area (Å²) in [4.78, 5) is 2.04. The minimum atomic E-state index is -3.20. The van der Waals surface area contributed by atoms with Crippen LogP contribution < -0.4 is 4.72 Å². The lowest BCUT2D eigenvalue weighted by atomic mass is 10.1. The molecule has 0 aromatic carbocycles. The smallest absolute Gasteiger partial charge is 0.211 e. The molecule has 1 aliphatic rings. The van der Waals surface area contributed by atoms with Crippen LogP contribution in [0.1, 0.15) is 19.3 Å². The number of nitrogens with zero attached hydrogens (tertiary/aromatic N) is 2.